The summed E-state index contributed by atoms with van der Waals surface area (Å²) >= 11 is 6.04. The third-order valence-electron chi connectivity index (χ3n) is 2.68. The molecule has 0 fully saturated rings. The summed E-state index contributed by atoms with van der Waals surface area (Å²) in [4.78, 5) is 7.83. The van der Waals surface area contributed by atoms with Crippen LogP contribution in [0.4, 0.5) is 8.78 Å². The van der Waals surface area contributed by atoms with Crippen molar-refractivity contribution < 1.29 is 13.5 Å². The number of benzene rings is 1. The van der Waals surface area contributed by atoms with E-state index in [1.807, 2.05) is 0 Å². The molecule has 0 unspecified atom stereocenters. The number of nitrogens with one attached hydrogen (secondary N) is 1. The number of halogens is 3. The van der Waals surface area contributed by atoms with Gasteiger partial charge in [-0.2, -0.15) is 13.9 Å². The third-order valence-corrected chi connectivity index (χ3v) is 3.01. The van der Waals surface area contributed by atoms with E-state index in [0.717, 1.165) is 17.1 Å². The van der Waals surface area contributed by atoms with Crippen LogP contribution in [0.25, 0.3) is 22.2 Å². The molecule has 0 amide bonds. The monoisotopic (exact) mass is 296 g/mol. The number of fused-ring (bicyclic) bond motifs is 1. The number of rotatable bonds is 3. The van der Waals surface area contributed by atoms with Crippen molar-refractivity contribution in [3.8, 4) is 17.1 Å². The number of aromatic amines is 1. The van der Waals surface area contributed by atoms with E-state index in [4.69, 9.17) is 11.6 Å². The summed E-state index contributed by atoms with van der Waals surface area (Å²) in [5.74, 6) is -0.237. The van der Waals surface area contributed by atoms with Crippen molar-refractivity contribution in [1.29, 1.82) is 0 Å². The number of ether oxygens (including phenoxy) is 1. The predicted octanol–water partition coefficient (Wildman–Crippen LogP) is 3.27. The van der Waals surface area contributed by atoms with Crippen molar-refractivity contribution in [3.05, 3.63) is 35.7 Å². The van der Waals surface area contributed by atoms with Gasteiger partial charge in [0.1, 0.15) is 0 Å². The molecule has 0 bridgehead atoms. The fourth-order valence-corrected chi connectivity index (χ4v) is 2.03. The topological polar surface area (TPSA) is 63.7 Å². The maximum atomic E-state index is 12.0. The number of alkyl halides is 2. The Bertz CT molecular complexity index is 745. The number of hydrogen-bond donors (Lipinski definition) is 1. The molecule has 3 aromatic rings. The molecule has 0 saturated heterocycles. The van der Waals surface area contributed by atoms with Crippen LogP contribution in [0.5, 0.6) is 5.88 Å². The number of hydrogen-bond acceptors (Lipinski definition) is 4. The Balaban J connectivity index is 2.03. The second-order valence-corrected chi connectivity index (χ2v) is 4.28. The quantitative estimate of drug-likeness (QED) is 0.805. The minimum Gasteiger partial charge on any atom is -0.415 e. The van der Waals surface area contributed by atoms with Gasteiger partial charge in [-0.05, 0) is 12.1 Å². The Morgan fingerprint density at radius 2 is 2.00 bits per heavy atom. The van der Waals surface area contributed by atoms with Gasteiger partial charge in [0.05, 0.1) is 34.8 Å². The lowest BCUT2D eigenvalue weighted by Gasteiger charge is -2.05. The number of H-pyrrole nitrogens is 1. The first-order valence-electron chi connectivity index (χ1n) is 5.54. The van der Waals surface area contributed by atoms with Crippen molar-refractivity contribution in [2.45, 2.75) is 6.61 Å². The Kier molecular flexibility index (Phi) is 3.19. The van der Waals surface area contributed by atoms with Crippen LogP contribution in [-0.4, -0.2) is 26.8 Å². The van der Waals surface area contributed by atoms with Gasteiger partial charge in [0.25, 0.3) is 0 Å². The Hall–Kier alpha value is -2.28. The largest absolute Gasteiger partial charge is 0.415 e. The SMILES string of the molecule is FC(F)Oc1cnc(-c2ccc(Cl)c3cn[nH]c23)cn1. The minimum atomic E-state index is -2.93. The molecule has 0 saturated carbocycles. The van der Waals surface area contributed by atoms with Crippen molar-refractivity contribution in [1.82, 2.24) is 20.2 Å². The highest BCUT2D eigenvalue weighted by molar-refractivity contribution is 6.35. The Morgan fingerprint density at radius 1 is 1.15 bits per heavy atom. The van der Waals surface area contributed by atoms with E-state index in [1.54, 1.807) is 18.3 Å². The molecule has 0 aliphatic heterocycles. The van der Waals surface area contributed by atoms with Gasteiger partial charge in [-0.3, -0.25) is 5.10 Å². The molecule has 0 radical (unpaired) electrons. The summed E-state index contributed by atoms with van der Waals surface area (Å²) in [6.45, 7) is -2.93. The lowest BCUT2D eigenvalue weighted by Crippen LogP contribution is -2.04. The zero-order chi connectivity index (χ0) is 14.1. The van der Waals surface area contributed by atoms with Crippen molar-refractivity contribution >= 4 is 22.5 Å². The van der Waals surface area contributed by atoms with Crippen LogP contribution in [0.15, 0.2) is 30.7 Å². The molecular formula is C12H7ClF2N4O. The molecule has 5 nitrogen and oxygen atoms in total. The lowest BCUT2D eigenvalue weighted by atomic mass is 10.1. The molecule has 0 atom stereocenters. The lowest BCUT2D eigenvalue weighted by molar-refractivity contribution is -0.0530. The summed E-state index contributed by atoms with van der Waals surface area (Å²) < 4.78 is 28.2. The maximum Gasteiger partial charge on any atom is 0.388 e. The van der Waals surface area contributed by atoms with Crippen LogP contribution in [0.3, 0.4) is 0 Å². The summed E-state index contributed by atoms with van der Waals surface area (Å²) in [5.41, 5.74) is 1.92. The Labute approximate surface area is 116 Å². The first-order chi connectivity index (χ1) is 9.65. The predicted molar refractivity (Wildman–Crippen MR) is 68.8 cm³/mol. The zero-order valence-electron chi connectivity index (χ0n) is 9.85. The molecule has 2 heterocycles. The zero-order valence-corrected chi connectivity index (χ0v) is 10.6. The van der Waals surface area contributed by atoms with E-state index < -0.39 is 6.61 Å². The average Bonchev–Trinajstić information content (AvgIpc) is 2.90. The van der Waals surface area contributed by atoms with Gasteiger partial charge < -0.3 is 4.74 Å². The molecule has 20 heavy (non-hydrogen) atoms. The molecule has 0 aliphatic rings. The number of aromatic nitrogens is 4. The molecule has 8 heteroatoms. The first-order valence-corrected chi connectivity index (χ1v) is 5.92. The molecule has 1 aromatic carbocycles. The maximum absolute atomic E-state index is 12.0. The Morgan fingerprint density at radius 3 is 2.70 bits per heavy atom. The molecular weight excluding hydrogens is 290 g/mol. The van der Waals surface area contributed by atoms with Gasteiger partial charge in [-0.1, -0.05) is 11.6 Å². The summed E-state index contributed by atoms with van der Waals surface area (Å²) in [7, 11) is 0. The fourth-order valence-electron chi connectivity index (χ4n) is 1.82. The second-order valence-electron chi connectivity index (χ2n) is 3.87. The normalized spacial score (nSPS) is 11.2. The van der Waals surface area contributed by atoms with Gasteiger partial charge in [0.15, 0.2) is 0 Å². The number of nitrogens with zero attached hydrogens (tertiary/aromatic N) is 3. The molecule has 0 spiro atoms. The van der Waals surface area contributed by atoms with Crippen molar-refractivity contribution in [2.24, 2.45) is 0 Å². The molecule has 2 aromatic heterocycles. The summed E-state index contributed by atoms with van der Waals surface area (Å²) in [5, 5.41) is 8.05. The molecule has 0 aliphatic carbocycles. The average molecular weight is 297 g/mol. The van der Waals surface area contributed by atoms with Crippen LogP contribution in [-0.2, 0) is 0 Å². The smallest absolute Gasteiger partial charge is 0.388 e. The second kappa shape index (κ2) is 5.01. The highest BCUT2D eigenvalue weighted by Gasteiger charge is 2.11. The summed E-state index contributed by atoms with van der Waals surface area (Å²) in [6, 6.07) is 3.46. The summed E-state index contributed by atoms with van der Waals surface area (Å²) in [6.07, 6.45) is 4.09. The third kappa shape index (κ3) is 2.27. The van der Waals surface area contributed by atoms with Gasteiger partial charge in [0.2, 0.25) is 5.88 Å². The van der Waals surface area contributed by atoms with Crippen LogP contribution < -0.4 is 4.74 Å². The van der Waals surface area contributed by atoms with Crippen LogP contribution in [0, 0.1) is 0 Å². The van der Waals surface area contributed by atoms with Crippen molar-refractivity contribution in [2.75, 3.05) is 0 Å². The van der Waals surface area contributed by atoms with Gasteiger partial charge >= 0.3 is 6.61 Å². The van der Waals surface area contributed by atoms with Crippen LogP contribution >= 0.6 is 11.6 Å². The standard InChI is InChI=1S/C12H7ClF2N4O/c13-8-2-1-6(11-7(8)3-18-19-11)9-4-17-10(5-16-9)20-12(14)15/h1-5,12H,(H,18,19). The first kappa shape index (κ1) is 12.7. The van der Waals surface area contributed by atoms with E-state index in [9.17, 15) is 8.78 Å². The van der Waals surface area contributed by atoms with E-state index in [2.05, 4.69) is 24.9 Å². The van der Waals surface area contributed by atoms with E-state index in [0.29, 0.717) is 16.2 Å². The molecule has 3 rings (SSSR count). The highest BCUT2D eigenvalue weighted by atomic mass is 35.5. The van der Waals surface area contributed by atoms with Crippen LogP contribution in [0.1, 0.15) is 0 Å². The van der Waals surface area contributed by atoms with Gasteiger partial charge in [-0.25, -0.2) is 9.97 Å². The highest BCUT2D eigenvalue weighted by Crippen LogP contribution is 2.30. The van der Waals surface area contributed by atoms with E-state index >= 15 is 0 Å². The van der Waals surface area contributed by atoms with E-state index in [1.165, 1.54) is 6.20 Å². The minimum absolute atomic E-state index is 0.237. The van der Waals surface area contributed by atoms with Crippen molar-refractivity contribution in [3.63, 3.8) is 0 Å². The van der Waals surface area contributed by atoms with Gasteiger partial charge in [0, 0.05) is 10.9 Å². The van der Waals surface area contributed by atoms with Crippen LogP contribution in [0.2, 0.25) is 5.02 Å². The molecule has 1 N–H and O–H groups in total. The molecule has 102 valence electrons. The fraction of sp³-hybridized carbons (Fsp3) is 0.0833. The van der Waals surface area contributed by atoms with E-state index in [-0.39, 0.29) is 5.88 Å². The van der Waals surface area contributed by atoms with Gasteiger partial charge in [-0.15, -0.1) is 0 Å².